The summed E-state index contributed by atoms with van der Waals surface area (Å²) >= 11 is 12.4. The van der Waals surface area contributed by atoms with Crippen LogP contribution in [-0.2, 0) is 28.8 Å². The second kappa shape index (κ2) is 25.9. The summed E-state index contributed by atoms with van der Waals surface area (Å²) < 4.78 is 0. The molecule has 394 valence electrons. The maximum Gasteiger partial charge on any atom is 0.271 e. The second-order valence-corrected chi connectivity index (χ2v) is 18.0. The molecule has 1 heterocycles. The summed E-state index contributed by atoms with van der Waals surface area (Å²) in [4.78, 5) is 92.2. The third-order valence-corrected chi connectivity index (χ3v) is 10.5. The highest BCUT2D eigenvalue weighted by molar-refractivity contribution is 6.31. The van der Waals surface area contributed by atoms with E-state index in [-0.39, 0.29) is 23.5 Å². The number of aromatic nitrogens is 2. The Morgan fingerprint density at radius 2 is 0.932 bits per heavy atom. The van der Waals surface area contributed by atoms with Gasteiger partial charge in [0, 0.05) is 27.7 Å². The lowest BCUT2D eigenvalue weighted by atomic mass is 9.92. The molecule has 6 atom stereocenters. The van der Waals surface area contributed by atoms with Crippen LogP contribution in [0.5, 0.6) is 0 Å². The molecular formula is C44H57Cl2N21O7. The van der Waals surface area contributed by atoms with Crippen molar-refractivity contribution >= 4 is 88.4 Å². The van der Waals surface area contributed by atoms with Crippen LogP contribution in [0.2, 0.25) is 10.0 Å². The van der Waals surface area contributed by atoms with Crippen LogP contribution in [0.4, 0.5) is 5.95 Å². The Morgan fingerprint density at radius 1 is 0.554 bits per heavy atom. The van der Waals surface area contributed by atoms with Crippen molar-refractivity contribution in [2.45, 2.75) is 64.1 Å². The molecule has 0 saturated carbocycles. The lowest BCUT2D eigenvalue weighted by Gasteiger charge is -2.32. The van der Waals surface area contributed by atoms with Crippen LogP contribution in [0.15, 0.2) is 84.9 Å². The molecule has 0 aliphatic rings. The zero-order valence-electron chi connectivity index (χ0n) is 39.8. The van der Waals surface area contributed by atoms with Crippen LogP contribution in [0.25, 0.3) is 22.5 Å². The number of anilines is 1. The Labute approximate surface area is 433 Å². The fraction of sp³-hybridized carbons (Fsp3) is 0.273. The number of primary amides is 1. The summed E-state index contributed by atoms with van der Waals surface area (Å²) in [5, 5.41) is 63.2. The number of nitrogens with two attached hydrogens (primary N) is 5. The van der Waals surface area contributed by atoms with Crippen molar-refractivity contribution in [1.82, 2.24) is 57.8 Å². The average molecular weight is 1060 g/mol. The largest absolute Gasteiger partial charge is 0.370 e. The molecule has 4 aromatic rings. The van der Waals surface area contributed by atoms with Crippen molar-refractivity contribution in [1.29, 1.82) is 21.6 Å². The van der Waals surface area contributed by atoms with Gasteiger partial charge < -0.3 is 86.5 Å². The fourth-order valence-corrected chi connectivity index (χ4v) is 6.65. The normalized spacial score (nSPS) is 13.3. The molecule has 28 nitrogen and oxygen atoms in total. The van der Waals surface area contributed by atoms with Gasteiger partial charge in [0.25, 0.3) is 29.5 Å². The van der Waals surface area contributed by atoms with Crippen LogP contribution in [0, 0.1) is 27.1 Å². The summed E-state index contributed by atoms with van der Waals surface area (Å²) in [5.74, 6) is -11.1. The predicted octanol–water partition coefficient (Wildman–Crippen LogP) is -2.28. The van der Waals surface area contributed by atoms with Crippen molar-refractivity contribution in [3.8, 4) is 22.5 Å². The van der Waals surface area contributed by atoms with Crippen molar-refractivity contribution in [3.63, 3.8) is 0 Å². The molecule has 0 bridgehead atoms. The van der Waals surface area contributed by atoms with E-state index in [1.54, 1.807) is 72.8 Å². The third kappa shape index (κ3) is 17.7. The van der Waals surface area contributed by atoms with Crippen LogP contribution in [0.3, 0.4) is 0 Å². The van der Waals surface area contributed by atoms with Gasteiger partial charge in [-0.3, -0.25) is 50.4 Å². The number of aliphatic hydroxyl groups is 1. The molecule has 0 saturated heterocycles. The minimum atomic E-state index is -2.10. The average Bonchev–Trinajstić information content (AvgIpc) is 3.31. The van der Waals surface area contributed by atoms with E-state index in [9.17, 15) is 33.9 Å². The first kappa shape index (κ1) is 57.6. The van der Waals surface area contributed by atoms with E-state index < -0.39 is 96.2 Å². The van der Waals surface area contributed by atoms with E-state index >= 15 is 0 Å². The number of aliphatic hydroxyl groups excluding tert-OH is 1. The molecule has 24 N–H and O–H groups in total. The molecule has 0 aliphatic carbocycles. The van der Waals surface area contributed by atoms with E-state index in [0.717, 1.165) is 0 Å². The van der Waals surface area contributed by atoms with E-state index in [4.69, 9.17) is 83.5 Å². The van der Waals surface area contributed by atoms with Gasteiger partial charge in [-0.15, -0.1) is 0 Å². The summed E-state index contributed by atoms with van der Waals surface area (Å²) in [6, 6.07) is 21.3. The Balaban J connectivity index is 1.68. The number of halogens is 2. The van der Waals surface area contributed by atoms with Gasteiger partial charge in [-0.25, -0.2) is 9.97 Å². The summed E-state index contributed by atoms with van der Waals surface area (Å²) in [6.45, 7) is 5.86. The number of amides is 6. The zero-order chi connectivity index (χ0) is 55.0. The van der Waals surface area contributed by atoms with Gasteiger partial charge in [0.15, 0.2) is 48.5 Å². The van der Waals surface area contributed by atoms with Crippen molar-refractivity contribution in [2.24, 2.45) is 34.1 Å². The van der Waals surface area contributed by atoms with Gasteiger partial charge in [0.05, 0.1) is 11.4 Å². The van der Waals surface area contributed by atoms with Crippen LogP contribution in [-0.4, -0.2) is 112 Å². The lowest BCUT2D eigenvalue weighted by Crippen LogP contribution is -2.68. The Bertz CT molecular complexity index is 2670. The molecule has 74 heavy (non-hydrogen) atoms. The molecule has 0 fully saturated rings. The molecule has 6 amide bonds. The minimum absolute atomic E-state index is 0.0133. The highest BCUT2D eigenvalue weighted by Crippen LogP contribution is 2.30. The van der Waals surface area contributed by atoms with Gasteiger partial charge in [-0.2, -0.15) is 0 Å². The smallest absolute Gasteiger partial charge is 0.271 e. The number of hydrogen-bond acceptors (Lipinski definition) is 14. The molecule has 3 aromatic carbocycles. The Hall–Kier alpha value is -9.02. The topological polar surface area (TPSA) is 485 Å². The molecule has 1 aromatic heterocycles. The quantitative estimate of drug-likeness (QED) is 0.0224. The highest BCUT2D eigenvalue weighted by Gasteiger charge is 2.36. The molecule has 30 heteroatoms. The first-order valence-corrected chi connectivity index (χ1v) is 22.6. The first-order valence-electron chi connectivity index (χ1n) is 21.8. The Morgan fingerprint density at radius 3 is 1.31 bits per heavy atom. The van der Waals surface area contributed by atoms with E-state index in [2.05, 4.69) is 42.5 Å². The molecular weight excluding hydrogens is 1010 g/mol. The van der Waals surface area contributed by atoms with Gasteiger partial charge in [0.1, 0.15) is 6.04 Å². The number of nitrogens with one attached hydrogen (secondary N) is 13. The van der Waals surface area contributed by atoms with Gasteiger partial charge >= 0.3 is 0 Å². The van der Waals surface area contributed by atoms with Crippen LogP contribution in [0.1, 0.15) is 38.8 Å². The lowest BCUT2D eigenvalue weighted by molar-refractivity contribution is -0.136. The van der Waals surface area contributed by atoms with Crippen molar-refractivity contribution in [2.75, 3.05) is 11.4 Å². The molecule has 0 aliphatic heterocycles. The number of carbonyl (C=O) groups excluding carboxylic acids is 6. The molecule has 0 spiro atoms. The van der Waals surface area contributed by atoms with Crippen molar-refractivity contribution < 1.29 is 33.9 Å². The van der Waals surface area contributed by atoms with E-state index in [1.807, 2.05) is 26.1 Å². The standard InChI is InChI=1S/C44H57Cl2N21O7/c1-44(2,3)17-18-67(43-56-25(20-9-13-23(45)14-10-20)19-26(57-43)21-11-15-24(46)16-12-21)38(74)37(73)58-27(22-7-5-4-6-8-22)33(69)60-30(64-40(50)51)35(71)62-32(66-42(54)55)36(72)61-31(65-41(52)53)34(70)59-29(28(47)68)63-39(48)49/h4-16,19,27,29-32,38,74H,17-18H2,1-3H3,(H2,47,68)(H,58,73)(H,59,70)(H,60,69)(H,61,72)(H,62,71)(H4,48,49,63)(H4,50,51,64)(H4,52,53,65)(H4,54,55,66). The number of guanidine groups is 4. The number of nitrogens with zero attached hydrogens (tertiary/aromatic N) is 3. The first-order chi connectivity index (χ1) is 34.7. The van der Waals surface area contributed by atoms with Crippen LogP contribution >= 0.6 is 23.2 Å². The maximum atomic E-state index is 14.4. The third-order valence-electron chi connectivity index (χ3n) is 9.98. The maximum absolute atomic E-state index is 14.4. The second-order valence-electron chi connectivity index (χ2n) is 17.1. The minimum Gasteiger partial charge on any atom is -0.370 e. The fourth-order valence-electron chi connectivity index (χ4n) is 6.40. The number of carbonyl (C=O) groups is 6. The zero-order valence-corrected chi connectivity index (χ0v) is 41.4. The Kier molecular flexibility index (Phi) is 20.1. The molecule has 4 rings (SSSR count). The number of benzene rings is 3. The van der Waals surface area contributed by atoms with E-state index in [1.165, 1.54) is 17.0 Å². The van der Waals surface area contributed by atoms with Crippen LogP contribution < -0.4 is 81.4 Å². The summed E-state index contributed by atoms with van der Waals surface area (Å²) in [6.07, 6.45) is -9.66. The predicted molar refractivity (Wildman–Crippen MR) is 275 cm³/mol. The van der Waals surface area contributed by atoms with Gasteiger partial charge in [-0.05, 0) is 47.7 Å². The SMILES string of the molecule is CC(C)(C)CCN(c1nc(-c2ccc(Cl)cc2)cc(-c2ccc(Cl)cc2)n1)C(O)C(=O)NC(C(=O)NC(NC(=N)N)C(=O)NC(NC(=N)N)C(=O)NC(NC(=N)N)C(=O)NC(NC(=N)N)C(N)=O)c1ccccc1. The number of hydrogen-bond donors (Lipinski definition) is 19. The molecule has 0 radical (unpaired) electrons. The number of rotatable bonds is 22. The molecule has 6 unspecified atom stereocenters. The summed E-state index contributed by atoms with van der Waals surface area (Å²) in [7, 11) is 0. The van der Waals surface area contributed by atoms with E-state index in [0.29, 0.717) is 39.0 Å². The highest BCUT2D eigenvalue weighted by atomic mass is 35.5. The van der Waals surface area contributed by atoms with Gasteiger partial charge in [-0.1, -0.05) is 98.6 Å². The van der Waals surface area contributed by atoms with Gasteiger partial charge in [0.2, 0.25) is 18.1 Å². The monoisotopic (exact) mass is 1060 g/mol. The van der Waals surface area contributed by atoms with Crippen molar-refractivity contribution in [3.05, 3.63) is 101 Å². The summed E-state index contributed by atoms with van der Waals surface area (Å²) in [5.41, 5.74) is 28.8.